The molecule has 5 heteroatoms. The molecule has 2 N–H and O–H groups in total. The van der Waals surface area contributed by atoms with Gasteiger partial charge in [-0.05, 0) is 37.0 Å². The number of hydrogen-bond acceptors (Lipinski definition) is 2. The van der Waals surface area contributed by atoms with Crippen LogP contribution in [-0.4, -0.2) is 4.98 Å². The van der Waals surface area contributed by atoms with Crippen LogP contribution in [0, 0.1) is 6.92 Å². The number of rotatable bonds is 3. The largest absolute Gasteiger partial charge is 0.433 e. The van der Waals surface area contributed by atoms with Crippen molar-refractivity contribution in [2.75, 3.05) is 5.73 Å². The SMILES string of the molecule is CCCCc1cc(C(F)(F)F)nc(N)c1C. The summed E-state index contributed by atoms with van der Waals surface area (Å²) in [6.45, 7) is 3.69. The Morgan fingerprint density at radius 3 is 2.50 bits per heavy atom. The lowest BCUT2D eigenvalue weighted by Gasteiger charge is -2.12. The van der Waals surface area contributed by atoms with Gasteiger partial charge in [0.1, 0.15) is 11.5 Å². The molecule has 0 aliphatic rings. The molecular formula is C11H15F3N2. The molecule has 0 aliphatic carbocycles. The number of aromatic nitrogens is 1. The lowest BCUT2D eigenvalue weighted by atomic mass is 10.0. The standard InChI is InChI=1S/C11H15F3N2/c1-3-4-5-8-6-9(11(12,13)14)16-10(15)7(8)2/h6H,3-5H2,1-2H3,(H2,15,16). The van der Waals surface area contributed by atoms with Crippen LogP contribution in [0.4, 0.5) is 19.0 Å². The zero-order chi connectivity index (χ0) is 12.3. The smallest absolute Gasteiger partial charge is 0.383 e. The van der Waals surface area contributed by atoms with Crippen LogP contribution in [0.5, 0.6) is 0 Å². The summed E-state index contributed by atoms with van der Waals surface area (Å²) in [4.78, 5) is 3.37. The predicted molar refractivity (Wildman–Crippen MR) is 57.0 cm³/mol. The van der Waals surface area contributed by atoms with Crippen molar-refractivity contribution in [2.45, 2.75) is 39.3 Å². The Hall–Kier alpha value is -1.26. The number of nitrogens with zero attached hydrogens (tertiary/aromatic N) is 1. The predicted octanol–water partition coefficient (Wildman–Crippen LogP) is 3.33. The zero-order valence-electron chi connectivity index (χ0n) is 9.36. The molecule has 0 bridgehead atoms. The quantitative estimate of drug-likeness (QED) is 0.868. The average molecular weight is 232 g/mol. The fourth-order valence-corrected chi connectivity index (χ4v) is 1.46. The first-order valence-electron chi connectivity index (χ1n) is 5.19. The molecule has 90 valence electrons. The van der Waals surface area contributed by atoms with Crippen LogP contribution in [-0.2, 0) is 12.6 Å². The first-order valence-corrected chi connectivity index (χ1v) is 5.19. The van der Waals surface area contributed by atoms with Crippen LogP contribution in [0.3, 0.4) is 0 Å². The van der Waals surface area contributed by atoms with E-state index in [0.717, 1.165) is 18.9 Å². The van der Waals surface area contributed by atoms with Gasteiger partial charge >= 0.3 is 6.18 Å². The van der Waals surface area contributed by atoms with E-state index in [1.54, 1.807) is 6.92 Å². The Labute approximate surface area is 92.7 Å². The fourth-order valence-electron chi connectivity index (χ4n) is 1.46. The van der Waals surface area contributed by atoms with Crippen molar-refractivity contribution < 1.29 is 13.2 Å². The van der Waals surface area contributed by atoms with Crippen LogP contribution in [0.15, 0.2) is 6.07 Å². The molecular weight excluding hydrogens is 217 g/mol. The highest BCUT2D eigenvalue weighted by Crippen LogP contribution is 2.30. The van der Waals surface area contributed by atoms with E-state index in [1.807, 2.05) is 6.92 Å². The number of nitrogen functional groups attached to an aromatic ring is 1. The van der Waals surface area contributed by atoms with Crippen LogP contribution >= 0.6 is 0 Å². The molecule has 2 nitrogen and oxygen atoms in total. The lowest BCUT2D eigenvalue weighted by molar-refractivity contribution is -0.141. The molecule has 0 radical (unpaired) electrons. The average Bonchev–Trinajstić information content (AvgIpc) is 2.18. The molecule has 1 rings (SSSR count). The number of pyridine rings is 1. The second kappa shape index (κ2) is 4.72. The maximum atomic E-state index is 12.5. The van der Waals surface area contributed by atoms with Crippen molar-refractivity contribution >= 4 is 5.82 Å². The van der Waals surface area contributed by atoms with Gasteiger partial charge in [-0.2, -0.15) is 13.2 Å². The van der Waals surface area contributed by atoms with Gasteiger partial charge in [0.15, 0.2) is 0 Å². The van der Waals surface area contributed by atoms with Gasteiger partial charge in [-0.15, -0.1) is 0 Å². The second-order valence-corrected chi connectivity index (χ2v) is 3.78. The van der Waals surface area contributed by atoms with Gasteiger partial charge in [-0.3, -0.25) is 0 Å². The maximum Gasteiger partial charge on any atom is 0.433 e. The molecule has 0 fully saturated rings. The van der Waals surface area contributed by atoms with Crippen molar-refractivity contribution in [3.63, 3.8) is 0 Å². The van der Waals surface area contributed by atoms with Crippen LogP contribution in [0.1, 0.15) is 36.6 Å². The Morgan fingerprint density at radius 1 is 1.38 bits per heavy atom. The van der Waals surface area contributed by atoms with Crippen molar-refractivity contribution in [3.05, 3.63) is 22.9 Å². The molecule has 1 aromatic heterocycles. The van der Waals surface area contributed by atoms with Crippen LogP contribution in [0.2, 0.25) is 0 Å². The number of anilines is 1. The molecule has 0 saturated heterocycles. The molecule has 16 heavy (non-hydrogen) atoms. The highest BCUT2D eigenvalue weighted by molar-refractivity contribution is 5.45. The highest BCUT2D eigenvalue weighted by Gasteiger charge is 2.33. The topological polar surface area (TPSA) is 38.9 Å². The molecule has 0 saturated carbocycles. The second-order valence-electron chi connectivity index (χ2n) is 3.78. The number of unbranched alkanes of at least 4 members (excludes halogenated alkanes) is 1. The first-order chi connectivity index (χ1) is 7.36. The lowest BCUT2D eigenvalue weighted by Crippen LogP contribution is -2.12. The Balaban J connectivity index is 3.12. The van der Waals surface area contributed by atoms with Crippen molar-refractivity contribution in [1.82, 2.24) is 4.98 Å². The van der Waals surface area contributed by atoms with Gasteiger partial charge in [0, 0.05) is 0 Å². The van der Waals surface area contributed by atoms with Crippen molar-refractivity contribution in [2.24, 2.45) is 0 Å². The minimum atomic E-state index is -4.43. The summed E-state index contributed by atoms with van der Waals surface area (Å²) in [7, 11) is 0. The summed E-state index contributed by atoms with van der Waals surface area (Å²) in [5.41, 5.74) is 5.87. The molecule has 0 aromatic carbocycles. The molecule has 0 unspecified atom stereocenters. The minimum Gasteiger partial charge on any atom is -0.383 e. The molecule has 0 aliphatic heterocycles. The number of nitrogens with two attached hydrogens (primary N) is 1. The third kappa shape index (κ3) is 2.87. The number of hydrogen-bond donors (Lipinski definition) is 1. The van der Waals surface area contributed by atoms with E-state index >= 15 is 0 Å². The number of halogens is 3. The molecule has 1 aromatic rings. The van der Waals surface area contributed by atoms with Gasteiger partial charge in [0.25, 0.3) is 0 Å². The Morgan fingerprint density at radius 2 is 2.00 bits per heavy atom. The summed E-state index contributed by atoms with van der Waals surface area (Å²) in [5, 5.41) is 0. The van der Waals surface area contributed by atoms with E-state index in [0.29, 0.717) is 17.5 Å². The van der Waals surface area contributed by atoms with E-state index in [1.165, 1.54) is 0 Å². The monoisotopic (exact) mass is 232 g/mol. The summed E-state index contributed by atoms with van der Waals surface area (Å²) < 4.78 is 37.5. The highest BCUT2D eigenvalue weighted by atomic mass is 19.4. The van der Waals surface area contributed by atoms with Gasteiger partial charge in [0.05, 0.1) is 0 Å². The zero-order valence-corrected chi connectivity index (χ0v) is 9.36. The van der Waals surface area contributed by atoms with E-state index in [4.69, 9.17) is 5.73 Å². The molecule has 1 heterocycles. The number of alkyl halides is 3. The third-order valence-electron chi connectivity index (χ3n) is 2.51. The summed E-state index contributed by atoms with van der Waals surface area (Å²) in [5.74, 6) is -0.0269. The molecule has 0 spiro atoms. The minimum absolute atomic E-state index is 0.0269. The van der Waals surface area contributed by atoms with Gasteiger partial charge in [0.2, 0.25) is 0 Å². The molecule has 0 amide bonds. The third-order valence-corrected chi connectivity index (χ3v) is 2.51. The van der Waals surface area contributed by atoms with Crippen molar-refractivity contribution in [1.29, 1.82) is 0 Å². The first kappa shape index (κ1) is 12.8. The number of aryl methyl sites for hydroxylation is 1. The van der Waals surface area contributed by atoms with Crippen molar-refractivity contribution in [3.8, 4) is 0 Å². The Kier molecular flexibility index (Phi) is 3.78. The summed E-state index contributed by atoms with van der Waals surface area (Å²) in [6.07, 6.45) is -2.04. The van der Waals surface area contributed by atoms with E-state index in [9.17, 15) is 13.2 Å². The summed E-state index contributed by atoms with van der Waals surface area (Å²) >= 11 is 0. The molecule has 0 atom stereocenters. The Bertz CT molecular complexity index is 372. The van der Waals surface area contributed by atoms with Crippen LogP contribution < -0.4 is 5.73 Å². The van der Waals surface area contributed by atoms with Gasteiger partial charge < -0.3 is 5.73 Å². The fraction of sp³-hybridized carbons (Fsp3) is 0.545. The normalized spacial score (nSPS) is 11.8. The van der Waals surface area contributed by atoms with Gasteiger partial charge in [-0.25, -0.2) is 4.98 Å². The van der Waals surface area contributed by atoms with E-state index in [-0.39, 0.29) is 5.82 Å². The van der Waals surface area contributed by atoms with E-state index in [2.05, 4.69) is 4.98 Å². The van der Waals surface area contributed by atoms with Gasteiger partial charge in [-0.1, -0.05) is 13.3 Å². The maximum absolute atomic E-state index is 12.5. The van der Waals surface area contributed by atoms with E-state index < -0.39 is 11.9 Å². The summed E-state index contributed by atoms with van der Waals surface area (Å²) in [6, 6.07) is 1.10. The van der Waals surface area contributed by atoms with Crippen LogP contribution in [0.25, 0.3) is 0 Å².